The maximum Gasteiger partial charge on any atom is 0.321 e. The third-order valence-corrected chi connectivity index (χ3v) is 5.07. The van der Waals surface area contributed by atoms with Crippen molar-refractivity contribution in [3.8, 4) is 11.4 Å². The van der Waals surface area contributed by atoms with Crippen LogP contribution in [0.3, 0.4) is 0 Å². The van der Waals surface area contributed by atoms with Crippen LogP contribution in [0.5, 0.6) is 5.75 Å². The van der Waals surface area contributed by atoms with Crippen LogP contribution in [0, 0.1) is 0 Å². The van der Waals surface area contributed by atoms with Gasteiger partial charge in [-0.2, -0.15) is 9.82 Å². The zero-order valence-corrected chi connectivity index (χ0v) is 14.9. The molecule has 1 aromatic heterocycles. The predicted octanol–water partition coefficient (Wildman–Crippen LogP) is 1.80. The van der Waals surface area contributed by atoms with E-state index in [1.54, 1.807) is 24.3 Å². The van der Waals surface area contributed by atoms with Crippen molar-refractivity contribution in [3.63, 3.8) is 0 Å². The molecule has 2 aromatic rings. The second-order valence-corrected chi connectivity index (χ2v) is 7.16. The molecule has 0 fully saturated rings. The van der Waals surface area contributed by atoms with Gasteiger partial charge in [-0.05, 0) is 18.6 Å². The molecule has 0 bridgehead atoms. The van der Waals surface area contributed by atoms with Gasteiger partial charge in [0.05, 0.1) is 19.5 Å². The molecule has 1 atom stereocenters. The van der Waals surface area contributed by atoms with Crippen LogP contribution in [-0.4, -0.2) is 42.4 Å². The Morgan fingerprint density at radius 2 is 2.12 bits per heavy atom. The predicted molar refractivity (Wildman–Crippen MR) is 91.4 cm³/mol. The van der Waals surface area contributed by atoms with E-state index in [0.29, 0.717) is 17.9 Å². The van der Waals surface area contributed by atoms with Crippen molar-refractivity contribution in [2.75, 3.05) is 7.11 Å². The van der Waals surface area contributed by atoms with Crippen molar-refractivity contribution < 1.29 is 23.1 Å². The van der Waals surface area contributed by atoms with Gasteiger partial charge < -0.3 is 9.84 Å². The molecule has 0 saturated carbocycles. The van der Waals surface area contributed by atoms with Gasteiger partial charge in [-0.25, -0.2) is 13.1 Å². The van der Waals surface area contributed by atoms with Crippen LogP contribution >= 0.6 is 0 Å². The monoisotopic (exact) mass is 367 g/mol. The zero-order valence-electron chi connectivity index (χ0n) is 14.0. The van der Waals surface area contributed by atoms with E-state index in [2.05, 4.69) is 9.82 Å². The molecule has 0 amide bonds. The molecule has 9 heteroatoms. The minimum Gasteiger partial charge on any atom is -0.494 e. The first kappa shape index (κ1) is 18.9. The second kappa shape index (κ2) is 8.13. The summed E-state index contributed by atoms with van der Waals surface area (Å²) in [6, 6.07) is 5.86. The molecule has 1 heterocycles. The highest BCUT2D eigenvalue weighted by atomic mass is 32.2. The summed E-state index contributed by atoms with van der Waals surface area (Å²) in [7, 11) is -2.49. The number of carbonyl (C=O) groups is 1. The number of carboxylic acid groups (broad SMARTS) is 1. The van der Waals surface area contributed by atoms with Crippen molar-refractivity contribution in [2.45, 2.75) is 37.1 Å². The molecule has 2 rings (SSSR count). The van der Waals surface area contributed by atoms with Crippen LogP contribution in [-0.2, 0) is 14.8 Å². The van der Waals surface area contributed by atoms with Crippen molar-refractivity contribution in [1.29, 1.82) is 0 Å². The zero-order chi connectivity index (χ0) is 18.4. The summed E-state index contributed by atoms with van der Waals surface area (Å²) in [5.41, 5.74) is 0.576. The van der Waals surface area contributed by atoms with Gasteiger partial charge in [0, 0.05) is 0 Å². The van der Waals surface area contributed by atoms with Crippen LogP contribution in [0.15, 0.2) is 41.6 Å². The number of nitrogens with zero attached hydrogens (tertiary/aromatic N) is 2. The first-order valence-corrected chi connectivity index (χ1v) is 9.30. The molecule has 0 spiro atoms. The Balaban J connectivity index is 2.26. The Morgan fingerprint density at radius 1 is 1.40 bits per heavy atom. The smallest absolute Gasteiger partial charge is 0.321 e. The van der Waals surface area contributed by atoms with Gasteiger partial charge in [0.1, 0.15) is 22.4 Å². The summed E-state index contributed by atoms with van der Waals surface area (Å²) >= 11 is 0. The number of para-hydroxylation sites is 2. The highest BCUT2D eigenvalue weighted by molar-refractivity contribution is 7.89. The topological polar surface area (TPSA) is 111 Å². The highest BCUT2D eigenvalue weighted by Crippen LogP contribution is 2.22. The lowest BCUT2D eigenvalue weighted by Crippen LogP contribution is -2.40. The van der Waals surface area contributed by atoms with E-state index < -0.39 is 22.0 Å². The van der Waals surface area contributed by atoms with Crippen LogP contribution in [0.2, 0.25) is 0 Å². The van der Waals surface area contributed by atoms with E-state index in [-0.39, 0.29) is 11.3 Å². The first-order valence-electron chi connectivity index (χ1n) is 7.82. The number of hydrogen-bond donors (Lipinski definition) is 2. The fraction of sp³-hybridized carbons (Fsp3) is 0.375. The minimum atomic E-state index is -4.00. The second-order valence-electron chi connectivity index (χ2n) is 5.45. The van der Waals surface area contributed by atoms with Gasteiger partial charge in [0.15, 0.2) is 0 Å². The Morgan fingerprint density at radius 3 is 2.76 bits per heavy atom. The molecular weight excluding hydrogens is 346 g/mol. The number of sulfonamides is 1. The fourth-order valence-corrected chi connectivity index (χ4v) is 3.45. The lowest BCUT2D eigenvalue weighted by Gasteiger charge is -2.13. The maximum atomic E-state index is 12.5. The average Bonchev–Trinajstić information content (AvgIpc) is 3.09. The lowest BCUT2D eigenvalue weighted by atomic mass is 10.1. The van der Waals surface area contributed by atoms with Crippen molar-refractivity contribution in [3.05, 3.63) is 36.7 Å². The summed E-state index contributed by atoms with van der Waals surface area (Å²) < 4.78 is 33.7. The largest absolute Gasteiger partial charge is 0.494 e. The van der Waals surface area contributed by atoms with Gasteiger partial charge in [-0.15, -0.1) is 0 Å². The summed E-state index contributed by atoms with van der Waals surface area (Å²) in [5.74, 6) is -0.664. The summed E-state index contributed by atoms with van der Waals surface area (Å²) in [6.07, 6.45) is 4.11. The first-order chi connectivity index (χ1) is 11.9. The van der Waals surface area contributed by atoms with Gasteiger partial charge in [-0.3, -0.25) is 4.79 Å². The summed E-state index contributed by atoms with van der Waals surface area (Å²) in [6.45, 7) is 1.91. The number of methoxy groups -OCH3 is 1. The maximum absolute atomic E-state index is 12.5. The SMILES string of the molecule is CCCC[C@H](NS(=O)(=O)c1cnn(-c2ccccc2OC)c1)C(=O)O. The molecule has 0 aliphatic heterocycles. The lowest BCUT2D eigenvalue weighted by molar-refractivity contribution is -0.139. The number of carboxylic acids is 1. The Kier molecular flexibility index (Phi) is 6.16. The fourth-order valence-electron chi connectivity index (χ4n) is 2.29. The number of hydrogen-bond acceptors (Lipinski definition) is 5. The van der Waals surface area contributed by atoms with Crippen molar-refractivity contribution in [1.82, 2.24) is 14.5 Å². The number of unbranched alkanes of at least 4 members (excludes halogenated alkanes) is 1. The van der Waals surface area contributed by atoms with E-state index in [1.807, 2.05) is 6.92 Å². The molecule has 0 aliphatic rings. The highest BCUT2D eigenvalue weighted by Gasteiger charge is 2.26. The quantitative estimate of drug-likeness (QED) is 0.699. The van der Waals surface area contributed by atoms with E-state index in [0.717, 1.165) is 6.42 Å². The van der Waals surface area contributed by atoms with E-state index in [4.69, 9.17) is 4.74 Å². The Hall–Kier alpha value is -2.39. The van der Waals surface area contributed by atoms with Crippen LogP contribution in [0.25, 0.3) is 5.69 Å². The molecule has 8 nitrogen and oxygen atoms in total. The number of benzene rings is 1. The van der Waals surface area contributed by atoms with E-state index in [1.165, 1.54) is 24.2 Å². The summed E-state index contributed by atoms with van der Waals surface area (Å²) in [4.78, 5) is 11.2. The number of nitrogens with one attached hydrogen (secondary N) is 1. The van der Waals surface area contributed by atoms with Crippen LogP contribution in [0.1, 0.15) is 26.2 Å². The van der Waals surface area contributed by atoms with Gasteiger partial charge in [-0.1, -0.05) is 31.9 Å². The Bertz CT molecular complexity index is 832. The number of ether oxygens (including phenoxy) is 1. The molecule has 25 heavy (non-hydrogen) atoms. The summed E-state index contributed by atoms with van der Waals surface area (Å²) in [5, 5.41) is 13.2. The van der Waals surface area contributed by atoms with Crippen molar-refractivity contribution in [2.24, 2.45) is 0 Å². The van der Waals surface area contributed by atoms with Crippen LogP contribution < -0.4 is 9.46 Å². The van der Waals surface area contributed by atoms with Crippen LogP contribution in [0.4, 0.5) is 0 Å². The number of aromatic nitrogens is 2. The molecule has 2 N–H and O–H groups in total. The van der Waals surface area contributed by atoms with Gasteiger partial charge >= 0.3 is 5.97 Å². The molecule has 1 aromatic carbocycles. The number of aliphatic carboxylic acids is 1. The third kappa shape index (κ3) is 4.58. The molecule has 0 saturated heterocycles. The third-order valence-electron chi connectivity index (χ3n) is 3.64. The van der Waals surface area contributed by atoms with E-state index in [9.17, 15) is 18.3 Å². The minimum absolute atomic E-state index is 0.110. The molecule has 0 radical (unpaired) electrons. The number of rotatable bonds is 9. The molecule has 136 valence electrons. The molecule has 0 aliphatic carbocycles. The van der Waals surface area contributed by atoms with Crippen molar-refractivity contribution >= 4 is 16.0 Å². The molecular formula is C16H21N3O5S. The Labute approximate surface area is 146 Å². The molecule has 0 unspecified atom stereocenters. The van der Waals surface area contributed by atoms with Gasteiger partial charge in [0.25, 0.3) is 0 Å². The normalized spacial score (nSPS) is 12.7. The van der Waals surface area contributed by atoms with E-state index >= 15 is 0 Å². The van der Waals surface area contributed by atoms with Gasteiger partial charge in [0.2, 0.25) is 10.0 Å². The standard InChI is InChI=1S/C16H21N3O5S/c1-3-4-7-13(16(20)21)18-25(22,23)12-10-17-19(11-12)14-8-5-6-9-15(14)24-2/h5-6,8-11,13,18H,3-4,7H2,1-2H3,(H,20,21)/t13-/m0/s1. The average molecular weight is 367 g/mol.